The lowest BCUT2D eigenvalue weighted by atomic mass is 9.71. The number of benzene rings is 2. The maximum absolute atomic E-state index is 12.1. The minimum Gasteiger partial charge on any atom is -0.507 e. The topological polar surface area (TPSA) is 104 Å². The van der Waals surface area contributed by atoms with E-state index in [1.165, 1.54) is 18.2 Å². The molecule has 2 unspecified atom stereocenters. The fourth-order valence-electron chi connectivity index (χ4n) is 3.86. The number of aromatic hydroxyl groups is 2. The van der Waals surface area contributed by atoms with E-state index in [0.29, 0.717) is 5.92 Å². The van der Waals surface area contributed by atoms with E-state index in [4.69, 9.17) is 14.9 Å². The molecule has 2 aromatic carbocycles. The molecule has 6 nitrogen and oxygen atoms in total. The number of carbonyl (C=O) groups is 2. The number of carbonyl (C=O) groups excluding carboxylic acids is 1. The Morgan fingerprint density at radius 1 is 0.931 bits per heavy atom. The first-order valence-corrected chi connectivity index (χ1v) is 9.59. The first-order valence-electron chi connectivity index (χ1n) is 9.59. The summed E-state index contributed by atoms with van der Waals surface area (Å²) in [6.45, 7) is 6.62. The number of para-hydroxylation sites is 2. The second kappa shape index (κ2) is 9.45. The van der Waals surface area contributed by atoms with Gasteiger partial charge < -0.3 is 20.1 Å². The van der Waals surface area contributed by atoms with Gasteiger partial charge in [-0.2, -0.15) is 0 Å². The van der Waals surface area contributed by atoms with Crippen LogP contribution in [0.5, 0.6) is 11.5 Å². The number of aromatic carboxylic acids is 1. The molecule has 0 heterocycles. The molecule has 1 fully saturated rings. The molecule has 0 amide bonds. The van der Waals surface area contributed by atoms with Crippen molar-refractivity contribution in [3.63, 3.8) is 0 Å². The lowest BCUT2D eigenvalue weighted by molar-refractivity contribution is -0.00736. The number of hydrogen-bond acceptors (Lipinski definition) is 5. The summed E-state index contributed by atoms with van der Waals surface area (Å²) in [5, 5.41) is 27.0. The number of phenolic OH excluding ortho intramolecular Hbond substituents is 1. The molecule has 1 aliphatic rings. The van der Waals surface area contributed by atoms with Crippen molar-refractivity contribution in [3.8, 4) is 11.5 Å². The van der Waals surface area contributed by atoms with Crippen LogP contribution in [0.4, 0.5) is 0 Å². The molecule has 0 aromatic heterocycles. The first-order chi connectivity index (χ1) is 13.6. The lowest BCUT2D eigenvalue weighted by Crippen LogP contribution is -2.34. The van der Waals surface area contributed by atoms with Gasteiger partial charge >= 0.3 is 11.9 Å². The van der Waals surface area contributed by atoms with Crippen molar-refractivity contribution in [2.24, 2.45) is 11.3 Å². The molecule has 0 aliphatic heterocycles. The predicted molar refractivity (Wildman–Crippen MR) is 109 cm³/mol. The zero-order valence-corrected chi connectivity index (χ0v) is 17.0. The Balaban J connectivity index is 0.000000253. The number of ether oxygens (including phenoxy) is 1. The Morgan fingerprint density at radius 2 is 1.45 bits per heavy atom. The molecule has 1 aliphatic carbocycles. The number of phenols is 2. The van der Waals surface area contributed by atoms with Gasteiger partial charge in [-0.25, -0.2) is 9.59 Å². The highest BCUT2D eigenvalue weighted by atomic mass is 16.5. The smallest absolute Gasteiger partial charge is 0.342 e. The van der Waals surface area contributed by atoms with Crippen LogP contribution in [0.25, 0.3) is 0 Å². The summed E-state index contributed by atoms with van der Waals surface area (Å²) in [6, 6.07) is 12.3. The molecule has 156 valence electrons. The highest BCUT2D eigenvalue weighted by Gasteiger charge is 2.34. The van der Waals surface area contributed by atoms with E-state index in [-0.39, 0.29) is 34.1 Å². The molecule has 2 atom stereocenters. The van der Waals surface area contributed by atoms with Crippen molar-refractivity contribution in [1.29, 1.82) is 0 Å². The third-order valence-corrected chi connectivity index (χ3v) is 4.88. The molecular formula is C23H28O6. The molecule has 2 aromatic rings. The van der Waals surface area contributed by atoms with Crippen LogP contribution in [0, 0.1) is 11.3 Å². The number of rotatable bonds is 3. The Hall–Kier alpha value is -3.02. The molecule has 0 radical (unpaired) electrons. The molecule has 0 bridgehead atoms. The normalized spacial score (nSPS) is 20.1. The van der Waals surface area contributed by atoms with Gasteiger partial charge in [0.05, 0.1) is 0 Å². The summed E-state index contributed by atoms with van der Waals surface area (Å²) in [5.74, 6) is -1.19. The lowest BCUT2D eigenvalue weighted by Gasteiger charge is -2.38. The van der Waals surface area contributed by atoms with E-state index < -0.39 is 11.9 Å². The standard InChI is InChI=1S/C16H22O3.C7H6O3/c1-11-8-12(10-16(2,3)9-11)19-15(18)13-6-4-5-7-14(13)17;8-6-4-2-1-3-5(6)7(9)10/h4-7,11-12,17H,8-10H2,1-3H3;1-4,8H,(H,9,10). The van der Waals surface area contributed by atoms with Crippen molar-refractivity contribution in [3.05, 3.63) is 59.7 Å². The minimum absolute atomic E-state index is 0.0179. The summed E-state index contributed by atoms with van der Waals surface area (Å²) < 4.78 is 5.57. The van der Waals surface area contributed by atoms with Crippen molar-refractivity contribution in [2.75, 3.05) is 0 Å². The van der Waals surface area contributed by atoms with E-state index in [1.807, 2.05) is 0 Å². The van der Waals surface area contributed by atoms with Gasteiger partial charge in [-0.1, -0.05) is 45.0 Å². The molecule has 1 saturated carbocycles. The largest absolute Gasteiger partial charge is 0.507 e. The molecule has 0 saturated heterocycles. The van der Waals surface area contributed by atoms with E-state index in [9.17, 15) is 14.7 Å². The van der Waals surface area contributed by atoms with E-state index in [0.717, 1.165) is 19.3 Å². The quantitative estimate of drug-likeness (QED) is 0.636. The van der Waals surface area contributed by atoms with Gasteiger partial charge in [0.15, 0.2) is 0 Å². The molecule has 3 N–H and O–H groups in total. The number of hydrogen-bond donors (Lipinski definition) is 3. The van der Waals surface area contributed by atoms with E-state index >= 15 is 0 Å². The average Bonchev–Trinajstić information content (AvgIpc) is 2.61. The summed E-state index contributed by atoms with van der Waals surface area (Å²) in [7, 11) is 0. The summed E-state index contributed by atoms with van der Waals surface area (Å²) in [5.41, 5.74) is 0.391. The molecule has 6 heteroatoms. The van der Waals surface area contributed by atoms with Gasteiger partial charge in [0, 0.05) is 0 Å². The highest BCUT2D eigenvalue weighted by molar-refractivity contribution is 5.92. The first kappa shape index (κ1) is 22.3. The van der Waals surface area contributed by atoms with Gasteiger partial charge in [0.25, 0.3) is 0 Å². The van der Waals surface area contributed by atoms with Gasteiger partial charge in [-0.15, -0.1) is 0 Å². The SMILES string of the molecule is CC1CC(OC(=O)c2ccccc2O)CC(C)(C)C1.O=C(O)c1ccccc1O. The predicted octanol–water partition coefficient (Wildman–Crippen LogP) is 4.85. The minimum atomic E-state index is -1.11. The average molecular weight is 400 g/mol. The maximum Gasteiger partial charge on any atom is 0.342 e. The fourth-order valence-corrected chi connectivity index (χ4v) is 3.86. The van der Waals surface area contributed by atoms with Crippen LogP contribution in [-0.4, -0.2) is 33.4 Å². The van der Waals surface area contributed by atoms with Gasteiger partial charge in [-0.3, -0.25) is 0 Å². The monoisotopic (exact) mass is 400 g/mol. The number of carboxylic acids is 1. The molecule has 0 spiro atoms. The van der Waals surface area contributed by atoms with E-state index in [1.54, 1.807) is 30.3 Å². The number of carboxylic acid groups (broad SMARTS) is 1. The van der Waals surface area contributed by atoms with Crippen LogP contribution < -0.4 is 0 Å². The van der Waals surface area contributed by atoms with Crippen LogP contribution in [0.3, 0.4) is 0 Å². The summed E-state index contributed by atoms with van der Waals surface area (Å²) in [4.78, 5) is 22.3. The van der Waals surface area contributed by atoms with Gasteiger partial charge in [0.1, 0.15) is 28.7 Å². The maximum atomic E-state index is 12.1. The van der Waals surface area contributed by atoms with Crippen molar-refractivity contribution in [2.45, 2.75) is 46.1 Å². The van der Waals surface area contributed by atoms with Crippen molar-refractivity contribution < 1.29 is 29.6 Å². The van der Waals surface area contributed by atoms with Crippen LogP contribution in [0.15, 0.2) is 48.5 Å². The van der Waals surface area contributed by atoms with Crippen LogP contribution >= 0.6 is 0 Å². The zero-order valence-electron chi connectivity index (χ0n) is 17.0. The molecular weight excluding hydrogens is 372 g/mol. The van der Waals surface area contributed by atoms with Gasteiger partial charge in [-0.05, 0) is 54.9 Å². The molecule has 29 heavy (non-hydrogen) atoms. The fraction of sp³-hybridized carbons (Fsp3) is 0.391. The van der Waals surface area contributed by atoms with E-state index in [2.05, 4.69) is 20.8 Å². The number of esters is 1. The summed E-state index contributed by atoms with van der Waals surface area (Å²) in [6.07, 6.45) is 2.91. The Bertz CT molecular complexity index is 858. The second-order valence-corrected chi connectivity index (χ2v) is 8.28. The third-order valence-electron chi connectivity index (χ3n) is 4.88. The van der Waals surface area contributed by atoms with Crippen molar-refractivity contribution >= 4 is 11.9 Å². The highest BCUT2D eigenvalue weighted by Crippen LogP contribution is 2.40. The Labute approximate surface area is 170 Å². The van der Waals surface area contributed by atoms with Crippen LogP contribution in [0.1, 0.15) is 60.7 Å². The second-order valence-electron chi connectivity index (χ2n) is 8.28. The summed E-state index contributed by atoms with van der Waals surface area (Å²) >= 11 is 0. The van der Waals surface area contributed by atoms with Crippen LogP contribution in [-0.2, 0) is 4.74 Å². The Kier molecular flexibility index (Phi) is 7.26. The Morgan fingerprint density at radius 3 is 1.90 bits per heavy atom. The van der Waals surface area contributed by atoms with Crippen LogP contribution in [0.2, 0.25) is 0 Å². The van der Waals surface area contributed by atoms with Gasteiger partial charge in [0.2, 0.25) is 0 Å². The molecule has 3 rings (SSSR count). The zero-order chi connectivity index (χ0) is 21.6. The van der Waals surface area contributed by atoms with Crippen molar-refractivity contribution in [1.82, 2.24) is 0 Å². The third kappa shape index (κ3) is 6.52.